The first-order valence-corrected chi connectivity index (χ1v) is 7.97. The fraction of sp³-hybridized carbons (Fsp3) is 0.588. The third-order valence-electron chi connectivity index (χ3n) is 4.74. The first-order valence-electron chi connectivity index (χ1n) is 7.97. The lowest BCUT2D eigenvalue weighted by molar-refractivity contribution is 0.170. The van der Waals surface area contributed by atoms with Crippen LogP contribution in [-0.4, -0.2) is 43.3 Å². The van der Waals surface area contributed by atoms with Crippen molar-refractivity contribution >= 4 is 5.71 Å². The first kappa shape index (κ1) is 15.9. The maximum Gasteiger partial charge on any atom is 0.231 e. The Morgan fingerprint density at radius 3 is 2.91 bits per heavy atom. The van der Waals surface area contributed by atoms with Crippen LogP contribution < -0.4 is 14.2 Å². The van der Waals surface area contributed by atoms with Gasteiger partial charge in [-0.25, -0.2) is 0 Å². The van der Waals surface area contributed by atoms with Crippen molar-refractivity contribution in [3.8, 4) is 17.2 Å². The van der Waals surface area contributed by atoms with E-state index in [1.165, 1.54) is 5.56 Å². The number of rotatable bonds is 4. The Kier molecular flexibility index (Phi) is 4.35. The van der Waals surface area contributed by atoms with Gasteiger partial charge in [-0.15, -0.1) is 0 Å². The van der Waals surface area contributed by atoms with Crippen molar-refractivity contribution in [1.82, 2.24) is 4.90 Å². The van der Waals surface area contributed by atoms with Crippen LogP contribution >= 0.6 is 0 Å². The van der Waals surface area contributed by atoms with Crippen LogP contribution in [0.2, 0.25) is 0 Å². The van der Waals surface area contributed by atoms with Gasteiger partial charge in [0.1, 0.15) is 0 Å². The van der Waals surface area contributed by atoms with Gasteiger partial charge >= 0.3 is 0 Å². The molecule has 1 aromatic rings. The van der Waals surface area contributed by atoms with Crippen LogP contribution in [0.25, 0.3) is 0 Å². The molecule has 1 atom stereocenters. The highest BCUT2D eigenvalue weighted by molar-refractivity contribution is 5.86. The molecule has 0 saturated heterocycles. The molecular weight excluding hydrogens is 296 g/mol. The van der Waals surface area contributed by atoms with Gasteiger partial charge in [-0.2, -0.15) is 0 Å². The molecule has 0 unspecified atom stereocenters. The van der Waals surface area contributed by atoms with E-state index in [0.717, 1.165) is 35.7 Å². The minimum atomic E-state index is 0.0940. The lowest BCUT2D eigenvalue weighted by atomic mass is 9.86. The summed E-state index contributed by atoms with van der Waals surface area (Å²) in [7, 11) is 3.75. The van der Waals surface area contributed by atoms with Crippen LogP contribution in [0.4, 0.5) is 0 Å². The van der Waals surface area contributed by atoms with E-state index in [1.807, 2.05) is 13.8 Å². The summed E-state index contributed by atoms with van der Waals surface area (Å²) in [5, 5.41) is 12.8. The number of ether oxygens (including phenoxy) is 3. The van der Waals surface area contributed by atoms with E-state index in [1.54, 1.807) is 7.11 Å². The molecule has 1 N–H and O–H groups in total. The van der Waals surface area contributed by atoms with Crippen molar-refractivity contribution in [2.75, 3.05) is 27.5 Å². The molecule has 6 nitrogen and oxygen atoms in total. The van der Waals surface area contributed by atoms with E-state index >= 15 is 0 Å². The van der Waals surface area contributed by atoms with Crippen LogP contribution in [0.3, 0.4) is 0 Å². The summed E-state index contributed by atoms with van der Waals surface area (Å²) in [4.78, 5) is 2.28. The predicted molar refractivity (Wildman–Crippen MR) is 86.9 cm³/mol. The van der Waals surface area contributed by atoms with E-state index in [-0.39, 0.29) is 18.8 Å². The van der Waals surface area contributed by atoms with Crippen molar-refractivity contribution in [1.29, 1.82) is 0 Å². The SMILES string of the molecule is COc1c2c(cc3c1[C@@H](CC(=NO)C(C)C)N(C)CC3)OCO2. The Morgan fingerprint density at radius 2 is 2.26 bits per heavy atom. The Morgan fingerprint density at radius 1 is 1.48 bits per heavy atom. The normalized spacial score (nSPS) is 20.7. The second-order valence-electron chi connectivity index (χ2n) is 6.41. The maximum absolute atomic E-state index is 9.34. The number of oxime groups is 1. The summed E-state index contributed by atoms with van der Waals surface area (Å²) < 4.78 is 16.8. The lowest BCUT2D eigenvalue weighted by Gasteiger charge is -2.36. The lowest BCUT2D eigenvalue weighted by Crippen LogP contribution is -2.34. The average Bonchev–Trinajstić information content (AvgIpc) is 2.99. The number of hydrogen-bond donors (Lipinski definition) is 1. The zero-order valence-electron chi connectivity index (χ0n) is 14.1. The van der Waals surface area contributed by atoms with Crippen LogP contribution in [0, 0.1) is 5.92 Å². The highest BCUT2D eigenvalue weighted by Crippen LogP contribution is 2.50. The number of likely N-dealkylation sites (N-methyl/N-ethyl adjacent to an activating group) is 1. The number of benzene rings is 1. The van der Waals surface area contributed by atoms with E-state index < -0.39 is 0 Å². The molecular formula is C17H24N2O4. The molecule has 126 valence electrons. The van der Waals surface area contributed by atoms with Crippen molar-refractivity contribution < 1.29 is 19.4 Å². The Bertz CT molecular complexity index is 628. The highest BCUT2D eigenvalue weighted by atomic mass is 16.7. The van der Waals surface area contributed by atoms with E-state index in [2.05, 4.69) is 23.2 Å². The molecule has 2 heterocycles. The maximum atomic E-state index is 9.34. The summed E-state index contributed by atoms with van der Waals surface area (Å²) in [5.74, 6) is 2.37. The molecule has 3 rings (SSSR count). The third kappa shape index (κ3) is 2.72. The predicted octanol–water partition coefficient (Wildman–Crippen LogP) is 2.83. The van der Waals surface area contributed by atoms with Gasteiger partial charge in [-0.05, 0) is 31.0 Å². The Hall–Kier alpha value is -1.95. The van der Waals surface area contributed by atoms with Crippen LogP contribution in [0.15, 0.2) is 11.2 Å². The summed E-state index contributed by atoms with van der Waals surface area (Å²) in [5.41, 5.74) is 3.12. The molecule has 0 aromatic heterocycles. The average molecular weight is 320 g/mol. The molecule has 0 amide bonds. The van der Waals surface area contributed by atoms with Gasteiger partial charge in [0.2, 0.25) is 12.5 Å². The van der Waals surface area contributed by atoms with E-state index in [9.17, 15) is 5.21 Å². The van der Waals surface area contributed by atoms with Gasteiger partial charge in [0, 0.05) is 24.6 Å². The highest BCUT2D eigenvalue weighted by Gasteiger charge is 2.34. The summed E-state index contributed by atoms with van der Waals surface area (Å²) in [6.45, 7) is 5.24. The summed E-state index contributed by atoms with van der Waals surface area (Å²) in [6.07, 6.45) is 1.59. The first-order chi connectivity index (χ1) is 11.1. The molecule has 0 bridgehead atoms. The minimum absolute atomic E-state index is 0.0940. The van der Waals surface area contributed by atoms with Crippen molar-refractivity contribution in [3.05, 3.63) is 17.2 Å². The number of hydrogen-bond acceptors (Lipinski definition) is 6. The van der Waals surface area contributed by atoms with E-state index in [4.69, 9.17) is 14.2 Å². The Labute approximate surface area is 136 Å². The minimum Gasteiger partial charge on any atom is -0.492 e. The number of methoxy groups -OCH3 is 1. The quantitative estimate of drug-likeness (QED) is 0.525. The van der Waals surface area contributed by atoms with E-state index in [0.29, 0.717) is 12.2 Å². The van der Waals surface area contributed by atoms with Gasteiger partial charge in [-0.1, -0.05) is 19.0 Å². The Balaban J connectivity index is 2.07. The monoisotopic (exact) mass is 320 g/mol. The van der Waals surface area contributed by atoms with Crippen molar-refractivity contribution in [2.24, 2.45) is 11.1 Å². The molecule has 2 aliphatic heterocycles. The van der Waals surface area contributed by atoms with Gasteiger partial charge in [-0.3, -0.25) is 4.90 Å². The van der Waals surface area contributed by atoms with Crippen LogP contribution in [-0.2, 0) is 6.42 Å². The molecule has 1 aromatic carbocycles. The summed E-state index contributed by atoms with van der Waals surface area (Å²) >= 11 is 0. The van der Waals surface area contributed by atoms with Gasteiger partial charge in [0.25, 0.3) is 0 Å². The molecule has 2 aliphatic rings. The fourth-order valence-corrected chi connectivity index (χ4v) is 3.37. The smallest absolute Gasteiger partial charge is 0.231 e. The molecule has 0 aliphatic carbocycles. The number of fused-ring (bicyclic) bond motifs is 2. The fourth-order valence-electron chi connectivity index (χ4n) is 3.37. The number of nitrogens with zero attached hydrogens (tertiary/aromatic N) is 2. The molecule has 23 heavy (non-hydrogen) atoms. The summed E-state index contributed by atoms with van der Waals surface area (Å²) in [6, 6.07) is 2.15. The van der Waals surface area contributed by atoms with Gasteiger partial charge < -0.3 is 19.4 Å². The second kappa shape index (κ2) is 6.28. The van der Waals surface area contributed by atoms with Gasteiger partial charge in [0.05, 0.1) is 12.8 Å². The molecule has 0 radical (unpaired) electrons. The third-order valence-corrected chi connectivity index (χ3v) is 4.74. The molecule has 6 heteroatoms. The van der Waals surface area contributed by atoms with Crippen molar-refractivity contribution in [2.45, 2.75) is 32.7 Å². The zero-order valence-corrected chi connectivity index (χ0v) is 14.1. The van der Waals surface area contributed by atoms with Gasteiger partial charge in [0.15, 0.2) is 11.5 Å². The standard InChI is InChI=1S/C17H24N2O4/c1-10(2)12(18-20)8-13-15-11(5-6-19(13)3)7-14-16(17(15)21-4)23-9-22-14/h7,10,13,20H,5-6,8-9H2,1-4H3/t13-/m1/s1. The topological polar surface area (TPSA) is 63.5 Å². The molecule has 0 fully saturated rings. The second-order valence-corrected chi connectivity index (χ2v) is 6.41. The van der Waals surface area contributed by atoms with Crippen LogP contribution in [0.1, 0.15) is 37.4 Å². The molecule has 0 spiro atoms. The molecule has 0 saturated carbocycles. The van der Waals surface area contributed by atoms with Crippen molar-refractivity contribution in [3.63, 3.8) is 0 Å². The zero-order chi connectivity index (χ0) is 16.6. The largest absolute Gasteiger partial charge is 0.492 e. The van der Waals surface area contributed by atoms with Crippen LogP contribution in [0.5, 0.6) is 17.2 Å².